The fourth-order valence-electron chi connectivity index (χ4n) is 2.28. The van der Waals surface area contributed by atoms with E-state index >= 15 is 0 Å². The number of hydrogen-bond donors (Lipinski definition) is 1. The van der Waals surface area contributed by atoms with Gasteiger partial charge in [0.05, 0.1) is 5.52 Å². The largest absolute Gasteiger partial charge is 0.306 e. The highest BCUT2D eigenvalue weighted by molar-refractivity contribution is 5.78. The van der Waals surface area contributed by atoms with Gasteiger partial charge in [0.1, 0.15) is 0 Å². The summed E-state index contributed by atoms with van der Waals surface area (Å²) in [7, 11) is 0. The fraction of sp³-hybridized carbons (Fsp3) is 0.176. The van der Waals surface area contributed by atoms with Gasteiger partial charge in [0, 0.05) is 36.6 Å². The van der Waals surface area contributed by atoms with Crippen LogP contribution in [0, 0.1) is 0 Å². The summed E-state index contributed by atoms with van der Waals surface area (Å²) in [6, 6.07) is 14.9. The first-order chi connectivity index (χ1) is 9.83. The quantitative estimate of drug-likeness (QED) is 0.783. The number of pyridine rings is 2. The molecule has 0 aliphatic carbocycles. The molecule has 0 saturated carbocycles. The average Bonchev–Trinajstić information content (AvgIpc) is 2.53. The first kappa shape index (κ1) is 12.8. The summed E-state index contributed by atoms with van der Waals surface area (Å²) in [4.78, 5) is 8.38. The van der Waals surface area contributed by atoms with Gasteiger partial charge >= 0.3 is 0 Å². The molecule has 1 unspecified atom stereocenters. The summed E-state index contributed by atoms with van der Waals surface area (Å²) in [5.41, 5.74) is 3.56. The van der Waals surface area contributed by atoms with E-state index in [9.17, 15) is 0 Å². The van der Waals surface area contributed by atoms with E-state index < -0.39 is 0 Å². The van der Waals surface area contributed by atoms with E-state index in [-0.39, 0.29) is 0 Å². The van der Waals surface area contributed by atoms with E-state index in [1.807, 2.05) is 36.8 Å². The van der Waals surface area contributed by atoms with Crippen LogP contribution in [-0.4, -0.2) is 9.97 Å². The van der Waals surface area contributed by atoms with Crippen LogP contribution in [0.2, 0.25) is 0 Å². The van der Waals surface area contributed by atoms with Crippen LogP contribution in [-0.2, 0) is 6.54 Å². The third-order valence-electron chi connectivity index (χ3n) is 3.49. The molecule has 3 heteroatoms. The summed E-state index contributed by atoms with van der Waals surface area (Å²) in [6.45, 7) is 3.01. The normalized spacial score (nSPS) is 12.4. The molecule has 0 bridgehead atoms. The number of hydrogen-bond acceptors (Lipinski definition) is 3. The molecule has 0 radical (unpaired) electrons. The Labute approximate surface area is 118 Å². The Morgan fingerprint density at radius 1 is 1.05 bits per heavy atom. The van der Waals surface area contributed by atoms with Gasteiger partial charge in [-0.3, -0.25) is 9.97 Å². The van der Waals surface area contributed by atoms with E-state index in [4.69, 9.17) is 0 Å². The Bertz CT molecular complexity index is 695. The van der Waals surface area contributed by atoms with Gasteiger partial charge in [0.15, 0.2) is 0 Å². The standard InChI is InChI=1S/C17H17N3/c1-13(15-6-9-18-10-7-15)20-12-14-4-5-17-16(11-14)3-2-8-19-17/h2-11,13,20H,12H2,1H3. The summed E-state index contributed by atoms with van der Waals surface area (Å²) < 4.78 is 0. The van der Waals surface area contributed by atoms with E-state index in [0.29, 0.717) is 6.04 Å². The Morgan fingerprint density at radius 3 is 2.75 bits per heavy atom. The lowest BCUT2D eigenvalue weighted by atomic mass is 10.1. The molecule has 0 aliphatic rings. The van der Waals surface area contributed by atoms with Crippen LogP contribution in [0.1, 0.15) is 24.1 Å². The van der Waals surface area contributed by atoms with Crippen molar-refractivity contribution in [2.45, 2.75) is 19.5 Å². The maximum Gasteiger partial charge on any atom is 0.0702 e. The molecule has 2 heterocycles. The Balaban J connectivity index is 1.70. The topological polar surface area (TPSA) is 37.8 Å². The van der Waals surface area contributed by atoms with Gasteiger partial charge in [-0.25, -0.2) is 0 Å². The van der Waals surface area contributed by atoms with Crippen LogP contribution in [0.5, 0.6) is 0 Å². The molecule has 0 aliphatic heterocycles. The van der Waals surface area contributed by atoms with Crippen molar-refractivity contribution in [2.75, 3.05) is 0 Å². The van der Waals surface area contributed by atoms with Crippen LogP contribution < -0.4 is 5.32 Å². The molecule has 2 aromatic heterocycles. The van der Waals surface area contributed by atoms with Crippen molar-refractivity contribution in [2.24, 2.45) is 0 Å². The Morgan fingerprint density at radius 2 is 1.90 bits per heavy atom. The van der Waals surface area contributed by atoms with Gasteiger partial charge in [-0.15, -0.1) is 0 Å². The second-order valence-corrected chi connectivity index (χ2v) is 4.91. The van der Waals surface area contributed by atoms with Gasteiger partial charge in [-0.2, -0.15) is 0 Å². The van der Waals surface area contributed by atoms with Crippen LogP contribution in [0.3, 0.4) is 0 Å². The molecule has 3 aromatic rings. The minimum atomic E-state index is 0.308. The molecule has 1 atom stereocenters. The summed E-state index contributed by atoms with van der Waals surface area (Å²) in [6.07, 6.45) is 5.48. The predicted molar refractivity (Wildman–Crippen MR) is 81.2 cm³/mol. The molecule has 0 spiro atoms. The molecule has 1 aromatic carbocycles. The summed E-state index contributed by atoms with van der Waals surface area (Å²) in [5.74, 6) is 0. The molecule has 3 nitrogen and oxygen atoms in total. The van der Waals surface area contributed by atoms with Crippen molar-refractivity contribution in [3.8, 4) is 0 Å². The van der Waals surface area contributed by atoms with Crippen LogP contribution >= 0.6 is 0 Å². The lowest BCUT2D eigenvalue weighted by Crippen LogP contribution is -2.18. The lowest BCUT2D eigenvalue weighted by Gasteiger charge is -2.14. The highest BCUT2D eigenvalue weighted by atomic mass is 14.9. The smallest absolute Gasteiger partial charge is 0.0702 e. The summed E-state index contributed by atoms with van der Waals surface area (Å²) >= 11 is 0. The zero-order chi connectivity index (χ0) is 13.8. The lowest BCUT2D eigenvalue weighted by molar-refractivity contribution is 0.574. The molecule has 100 valence electrons. The van der Waals surface area contributed by atoms with Crippen molar-refractivity contribution in [1.29, 1.82) is 0 Å². The summed E-state index contributed by atoms with van der Waals surface area (Å²) in [5, 5.41) is 4.72. The van der Waals surface area contributed by atoms with Crippen molar-refractivity contribution in [3.05, 3.63) is 72.2 Å². The van der Waals surface area contributed by atoms with E-state index in [2.05, 4.69) is 46.5 Å². The number of aromatic nitrogens is 2. The Kier molecular flexibility index (Phi) is 3.70. The number of nitrogens with one attached hydrogen (secondary N) is 1. The highest BCUT2D eigenvalue weighted by Crippen LogP contribution is 2.15. The number of rotatable bonds is 4. The predicted octanol–water partition coefficient (Wildman–Crippen LogP) is 3.48. The zero-order valence-electron chi connectivity index (χ0n) is 11.5. The molecule has 1 N–H and O–H groups in total. The highest BCUT2D eigenvalue weighted by Gasteiger charge is 2.04. The number of benzene rings is 1. The first-order valence-corrected chi connectivity index (χ1v) is 6.80. The van der Waals surface area contributed by atoms with Crippen LogP contribution in [0.15, 0.2) is 61.1 Å². The molecule has 20 heavy (non-hydrogen) atoms. The molecule has 3 rings (SSSR count). The Hall–Kier alpha value is -2.26. The van der Waals surface area contributed by atoms with Crippen molar-refractivity contribution < 1.29 is 0 Å². The molecule has 0 fully saturated rings. The SMILES string of the molecule is CC(NCc1ccc2ncccc2c1)c1ccncc1. The van der Waals surface area contributed by atoms with E-state index in [0.717, 1.165) is 12.1 Å². The first-order valence-electron chi connectivity index (χ1n) is 6.80. The van der Waals surface area contributed by atoms with Gasteiger partial charge in [0.25, 0.3) is 0 Å². The monoisotopic (exact) mass is 263 g/mol. The third-order valence-corrected chi connectivity index (χ3v) is 3.49. The molecular formula is C17H17N3. The maximum absolute atomic E-state index is 4.34. The molecule has 0 amide bonds. The van der Waals surface area contributed by atoms with Gasteiger partial charge in [0.2, 0.25) is 0 Å². The zero-order valence-corrected chi connectivity index (χ0v) is 11.5. The van der Waals surface area contributed by atoms with Crippen LogP contribution in [0.25, 0.3) is 10.9 Å². The number of fused-ring (bicyclic) bond motifs is 1. The fourth-order valence-corrected chi connectivity index (χ4v) is 2.28. The maximum atomic E-state index is 4.34. The second-order valence-electron chi connectivity index (χ2n) is 4.91. The van der Waals surface area contributed by atoms with Gasteiger partial charge in [-0.05, 0) is 48.4 Å². The molecular weight excluding hydrogens is 246 g/mol. The van der Waals surface area contributed by atoms with Gasteiger partial charge < -0.3 is 5.32 Å². The van der Waals surface area contributed by atoms with Crippen molar-refractivity contribution in [1.82, 2.24) is 15.3 Å². The van der Waals surface area contributed by atoms with Gasteiger partial charge in [-0.1, -0.05) is 12.1 Å². The minimum absolute atomic E-state index is 0.308. The average molecular weight is 263 g/mol. The second kappa shape index (κ2) is 5.80. The third kappa shape index (κ3) is 2.83. The minimum Gasteiger partial charge on any atom is -0.306 e. The number of nitrogens with zero attached hydrogens (tertiary/aromatic N) is 2. The molecule has 0 saturated heterocycles. The van der Waals surface area contributed by atoms with E-state index in [1.54, 1.807) is 0 Å². The van der Waals surface area contributed by atoms with Crippen LogP contribution in [0.4, 0.5) is 0 Å². The van der Waals surface area contributed by atoms with Crippen molar-refractivity contribution >= 4 is 10.9 Å². The van der Waals surface area contributed by atoms with Crippen molar-refractivity contribution in [3.63, 3.8) is 0 Å². The van der Waals surface area contributed by atoms with E-state index in [1.165, 1.54) is 16.5 Å².